The van der Waals surface area contributed by atoms with Crippen LogP contribution in [0.25, 0.3) is 10.2 Å². The number of aryl methyl sites for hydroxylation is 1. The minimum absolute atomic E-state index is 0.0255. The number of piperazine rings is 1. The molecular formula is C26H26N4OS. The standard InChI is InChI=1S/C26H26N4OS/c1-19-9-8-14-22-23(19)28-26(32-22)30-17-15-29(16-18-30)25(31)27-24(20-10-4-2-5-11-20)21-12-6-3-7-13-21/h2-14,24H,15-18H2,1H3,(H,27,31). The number of carbonyl (C=O) groups excluding carboxylic acids is 1. The average Bonchev–Trinajstić information content (AvgIpc) is 3.29. The zero-order chi connectivity index (χ0) is 21.9. The Hall–Kier alpha value is -3.38. The first-order chi connectivity index (χ1) is 15.7. The molecule has 0 aliphatic carbocycles. The minimum Gasteiger partial charge on any atom is -0.345 e. The first kappa shape index (κ1) is 20.5. The smallest absolute Gasteiger partial charge is 0.318 e. The summed E-state index contributed by atoms with van der Waals surface area (Å²) in [6.45, 7) is 5.03. The van der Waals surface area contributed by atoms with Gasteiger partial charge in [0.25, 0.3) is 0 Å². The van der Waals surface area contributed by atoms with Crippen LogP contribution in [-0.4, -0.2) is 42.1 Å². The molecule has 5 nitrogen and oxygen atoms in total. The molecule has 2 heterocycles. The molecule has 2 amide bonds. The Morgan fingerprint density at radius 2 is 1.50 bits per heavy atom. The van der Waals surface area contributed by atoms with E-state index < -0.39 is 0 Å². The summed E-state index contributed by atoms with van der Waals surface area (Å²) in [4.78, 5) is 22.2. The summed E-state index contributed by atoms with van der Waals surface area (Å²) >= 11 is 1.73. The predicted octanol–water partition coefficient (Wildman–Crippen LogP) is 5.23. The molecule has 1 aromatic heterocycles. The number of para-hydroxylation sites is 1. The van der Waals surface area contributed by atoms with Crippen molar-refractivity contribution >= 4 is 32.7 Å². The van der Waals surface area contributed by atoms with E-state index in [4.69, 9.17) is 4.98 Å². The highest BCUT2D eigenvalue weighted by Crippen LogP contribution is 2.31. The number of anilines is 1. The number of urea groups is 1. The lowest BCUT2D eigenvalue weighted by molar-refractivity contribution is 0.192. The topological polar surface area (TPSA) is 48.5 Å². The third kappa shape index (κ3) is 4.18. The maximum Gasteiger partial charge on any atom is 0.318 e. The quantitative estimate of drug-likeness (QED) is 0.471. The van der Waals surface area contributed by atoms with E-state index in [-0.39, 0.29) is 12.1 Å². The third-order valence-corrected chi connectivity index (χ3v) is 7.06. The second-order valence-electron chi connectivity index (χ2n) is 8.10. The van der Waals surface area contributed by atoms with Crippen molar-refractivity contribution in [3.63, 3.8) is 0 Å². The number of fused-ring (bicyclic) bond motifs is 1. The van der Waals surface area contributed by atoms with Gasteiger partial charge < -0.3 is 15.1 Å². The maximum atomic E-state index is 13.2. The summed E-state index contributed by atoms with van der Waals surface area (Å²) in [7, 11) is 0. The Labute approximate surface area is 192 Å². The van der Waals surface area contributed by atoms with E-state index in [1.807, 2.05) is 41.3 Å². The molecule has 1 N–H and O–H groups in total. The lowest BCUT2D eigenvalue weighted by Gasteiger charge is -2.35. The molecule has 162 valence electrons. The van der Waals surface area contributed by atoms with Crippen LogP contribution in [0, 0.1) is 6.92 Å². The van der Waals surface area contributed by atoms with Crippen LogP contribution < -0.4 is 10.2 Å². The highest BCUT2D eigenvalue weighted by Gasteiger charge is 2.25. The molecule has 0 unspecified atom stereocenters. The van der Waals surface area contributed by atoms with E-state index in [1.165, 1.54) is 10.3 Å². The number of nitrogens with one attached hydrogen (secondary N) is 1. The largest absolute Gasteiger partial charge is 0.345 e. The number of rotatable bonds is 4. The molecule has 1 fully saturated rings. The Kier molecular flexibility index (Phi) is 5.77. The van der Waals surface area contributed by atoms with Crippen LogP contribution in [0.5, 0.6) is 0 Å². The number of aromatic nitrogens is 1. The molecule has 0 spiro atoms. The predicted molar refractivity (Wildman–Crippen MR) is 131 cm³/mol. The van der Waals surface area contributed by atoms with Crippen molar-refractivity contribution < 1.29 is 4.79 Å². The molecule has 6 heteroatoms. The highest BCUT2D eigenvalue weighted by molar-refractivity contribution is 7.22. The molecule has 5 rings (SSSR count). The molecule has 1 aliphatic rings. The summed E-state index contributed by atoms with van der Waals surface area (Å²) in [6.07, 6.45) is 0. The van der Waals surface area contributed by atoms with Crippen molar-refractivity contribution in [2.75, 3.05) is 31.1 Å². The molecule has 3 aromatic carbocycles. The van der Waals surface area contributed by atoms with E-state index in [1.54, 1.807) is 11.3 Å². The van der Waals surface area contributed by atoms with Gasteiger partial charge >= 0.3 is 6.03 Å². The fraction of sp³-hybridized carbons (Fsp3) is 0.231. The van der Waals surface area contributed by atoms with E-state index >= 15 is 0 Å². The fourth-order valence-electron chi connectivity index (χ4n) is 4.18. The lowest BCUT2D eigenvalue weighted by atomic mass is 9.99. The van der Waals surface area contributed by atoms with Gasteiger partial charge in [-0.2, -0.15) is 0 Å². The molecule has 0 bridgehead atoms. The number of nitrogens with zero attached hydrogens (tertiary/aromatic N) is 3. The van der Waals surface area contributed by atoms with E-state index in [0.29, 0.717) is 13.1 Å². The first-order valence-electron chi connectivity index (χ1n) is 11.0. The zero-order valence-electron chi connectivity index (χ0n) is 18.1. The van der Waals surface area contributed by atoms with Gasteiger partial charge in [0.1, 0.15) is 0 Å². The average molecular weight is 443 g/mol. The van der Waals surface area contributed by atoms with Crippen LogP contribution in [-0.2, 0) is 0 Å². The normalized spacial score (nSPS) is 14.2. The SMILES string of the molecule is Cc1cccc2sc(N3CCN(C(=O)NC(c4ccccc4)c4ccccc4)CC3)nc12. The fourth-order valence-corrected chi connectivity index (χ4v) is 5.27. The van der Waals surface area contributed by atoms with Gasteiger partial charge in [-0.05, 0) is 29.7 Å². The van der Waals surface area contributed by atoms with Gasteiger partial charge in [0, 0.05) is 26.2 Å². The van der Waals surface area contributed by atoms with Gasteiger partial charge in [-0.25, -0.2) is 9.78 Å². The van der Waals surface area contributed by atoms with Crippen molar-refractivity contribution in [3.05, 3.63) is 95.6 Å². The summed E-state index contributed by atoms with van der Waals surface area (Å²) in [5, 5.41) is 4.30. The van der Waals surface area contributed by atoms with Crippen molar-refractivity contribution in [3.8, 4) is 0 Å². The van der Waals surface area contributed by atoms with Crippen LogP contribution in [0.2, 0.25) is 0 Å². The second-order valence-corrected chi connectivity index (χ2v) is 9.11. The summed E-state index contributed by atoms with van der Waals surface area (Å²) in [5.74, 6) is 0. The second kappa shape index (κ2) is 9.01. The van der Waals surface area contributed by atoms with Gasteiger partial charge in [0.15, 0.2) is 5.13 Å². The van der Waals surface area contributed by atoms with Crippen LogP contribution >= 0.6 is 11.3 Å². The van der Waals surface area contributed by atoms with Gasteiger partial charge in [0.2, 0.25) is 0 Å². The van der Waals surface area contributed by atoms with Crippen molar-refractivity contribution in [2.45, 2.75) is 13.0 Å². The van der Waals surface area contributed by atoms with E-state index in [2.05, 4.69) is 59.6 Å². The lowest BCUT2D eigenvalue weighted by Crippen LogP contribution is -2.52. The van der Waals surface area contributed by atoms with E-state index in [9.17, 15) is 4.79 Å². The van der Waals surface area contributed by atoms with Gasteiger partial charge in [-0.15, -0.1) is 0 Å². The molecule has 4 aromatic rings. The number of hydrogen-bond acceptors (Lipinski definition) is 4. The van der Waals surface area contributed by atoms with Crippen LogP contribution in [0.15, 0.2) is 78.9 Å². The van der Waals surface area contributed by atoms with Gasteiger partial charge in [-0.3, -0.25) is 0 Å². The minimum atomic E-state index is -0.171. The van der Waals surface area contributed by atoms with Crippen molar-refractivity contribution in [1.82, 2.24) is 15.2 Å². The highest BCUT2D eigenvalue weighted by atomic mass is 32.1. The van der Waals surface area contributed by atoms with Gasteiger partial charge in [0.05, 0.1) is 16.3 Å². The summed E-state index contributed by atoms with van der Waals surface area (Å²) in [5.41, 5.74) is 4.45. The first-order valence-corrected chi connectivity index (χ1v) is 11.8. The zero-order valence-corrected chi connectivity index (χ0v) is 18.9. The molecule has 0 radical (unpaired) electrons. The molecular weight excluding hydrogens is 416 g/mol. The molecule has 32 heavy (non-hydrogen) atoms. The number of benzene rings is 3. The molecule has 0 saturated carbocycles. The van der Waals surface area contributed by atoms with Crippen molar-refractivity contribution in [2.24, 2.45) is 0 Å². The Balaban J connectivity index is 1.27. The monoisotopic (exact) mass is 442 g/mol. The summed E-state index contributed by atoms with van der Waals surface area (Å²) < 4.78 is 1.22. The van der Waals surface area contributed by atoms with Crippen molar-refractivity contribution in [1.29, 1.82) is 0 Å². The van der Waals surface area contributed by atoms with Crippen LogP contribution in [0.4, 0.5) is 9.93 Å². The number of thiazole rings is 1. The third-order valence-electron chi connectivity index (χ3n) is 5.98. The number of carbonyl (C=O) groups is 1. The molecule has 0 atom stereocenters. The molecule has 1 aliphatic heterocycles. The number of hydrogen-bond donors (Lipinski definition) is 1. The molecule has 1 saturated heterocycles. The maximum absolute atomic E-state index is 13.2. The van der Waals surface area contributed by atoms with Crippen LogP contribution in [0.3, 0.4) is 0 Å². The summed E-state index contributed by atoms with van der Waals surface area (Å²) in [6, 6.07) is 26.4. The Morgan fingerprint density at radius 3 is 2.09 bits per heavy atom. The van der Waals surface area contributed by atoms with Gasteiger partial charge in [-0.1, -0.05) is 84.1 Å². The number of amides is 2. The van der Waals surface area contributed by atoms with Crippen LogP contribution in [0.1, 0.15) is 22.7 Å². The van der Waals surface area contributed by atoms with E-state index in [0.717, 1.165) is 34.9 Å². The Morgan fingerprint density at radius 1 is 0.875 bits per heavy atom. The Bertz CT molecular complexity index is 1160.